The van der Waals surface area contributed by atoms with Gasteiger partial charge in [-0.3, -0.25) is 10.2 Å². The van der Waals surface area contributed by atoms with Crippen molar-refractivity contribution in [2.24, 2.45) is 16.5 Å². The van der Waals surface area contributed by atoms with E-state index in [0.717, 1.165) is 18.0 Å². The highest BCUT2D eigenvalue weighted by Crippen LogP contribution is 2.18. The largest absolute Gasteiger partial charge is 0.407 e. The van der Waals surface area contributed by atoms with E-state index >= 15 is 0 Å². The van der Waals surface area contributed by atoms with Gasteiger partial charge >= 0.3 is 0 Å². The lowest BCUT2D eigenvalue weighted by molar-refractivity contribution is -0.112. The van der Waals surface area contributed by atoms with Crippen LogP contribution in [0.15, 0.2) is 71.4 Å². The molecule has 2 aromatic carbocycles. The summed E-state index contributed by atoms with van der Waals surface area (Å²) in [7, 11) is 0. The Kier molecular flexibility index (Phi) is 12.5. The van der Waals surface area contributed by atoms with Gasteiger partial charge in [-0.2, -0.15) is 4.99 Å². The third-order valence-corrected chi connectivity index (χ3v) is 4.59. The maximum atomic E-state index is 12.1. The topological polar surface area (TPSA) is 174 Å². The molecule has 0 aliphatic carbocycles. The minimum atomic E-state index is -0.428. The molecule has 9 nitrogen and oxygen atoms in total. The van der Waals surface area contributed by atoms with Gasteiger partial charge in [-0.05, 0) is 42.8 Å². The Balaban J connectivity index is 0.00000142. The van der Waals surface area contributed by atoms with E-state index in [2.05, 4.69) is 24.2 Å². The average Bonchev–Trinajstić information content (AvgIpc) is 2.86. The molecule has 0 atom stereocenters. The summed E-state index contributed by atoms with van der Waals surface area (Å²) in [5, 5.41) is 25.3. The first-order valence-corrected chi connectivity index (χ1v) is 11.0. The van der Waals surface area contributed by atoms with E-state index in [1.54, 1.807) is 55.5 Å². The number of ether oxygens (including phenoxy) is 1. The van der Waals surface area contributed by atoms with E-state index in [0.29, 0.717) is 22.5 Å². The van der Waals surface area contributed by atoms with Crippen LogP contribution in [0, 0.1) is 16.2 Å². The van der Waals surface area contributed by atoms with Crippen molar-refractivity contribution in [3.05, 3.63) is 77.5 Å². The predicted octanol–water partition coefficient (Wildman–Crippen LogP) is 4.96. The van der Waals surface area contributed by atoms with Gasteiger partial charge in [0, 0.05) is 35.5 Å². The second-order valence-electron chi connectivity index (χ2n) is 7.12. The van der Waals surface area contributed by atoms with Crippen LogP contribution >= 0.6 is 0 Å². The number of carbonyl (C=O) groups is 1. The molecule has 0 saturated heterocycles. The maximum absolute atomic E-state index is 12.1. The fourth-order valence-corrected chi connectivity index (χ4v) is 2.49. The SMILES string of the molecule is C/C=C(\C=N)C(=O)Nc1cccc(C(=N)OC(N)=Nc2ccc(/C(C=N)=C/N)cc2)c1.CCCC. The number of hydrogen-bond acceptors (Lipinski definition) is 7. The molecule has 0 unspecified atom stereocenters. The summed E-state index contributed by atoms with van der Waals surface area (Å²) in [5.41, 5.74) is 14.1. The molecule has 8 N–H and O–H groups in total. The Morgan fingerprint density at radius 1 is 1.06 bits per heavy atom. The fourth-order valence-electron chi connectivity index (χ4n) is 2.49. The highest BCUT2D eigenvalue weighted by atomic mass is 16.5. The summed E-state index contributed by atoms with van der Waals surface area (Å²) < 4.78 is 5.29. The van der Waals surface area contributed by atoms with Gasteiger partial charge in [0.05, 0.1) is 11.3 Å². The van der Waals surface area contributed by atoms with E-state index in [9.17, 15) is 4.79 Å². The lowest BCUT2D eigenvalue weighted by Gasteiger charge is -2.09. The van der Waals surface area contributed by atoms with Crippen molar-refractivity contribution < 1.29 is 9.53 Å². The van der Waals surface area contributed by atoms with Gasteiger partial charge in [0.15, 0.2) is 0 Å². The number of allylic oxidation sites excluding steroid dienone is 2. The van der Waals surface area contributed by atoms with Crippen LogP contribution in [0.2, 0.25) is 0 Å². The van der Waals surface area contributed by atoms with E-state index in [-0.39, 0.29) is 17.5 Å². The van der Waals surface area contributed by atoms with Gasteiger partial charge in [-0.15, -0.1) is 0 Å². The van der Waals surface area contributed by atoms with Gasteiger partial charge in [-0.1, -0.05) is 51.0 Å². The smallest absolute Gasteiger partial charge is 0.294 e. The van der Waals surface area contributed by atoms with Crippen molar-refractivity contribution in [2.75, 3.05) is 5.32 Å². The number of benzene rings is 2. The first-order chi connectivity index (χ1) is 16.8. The Labute approximate surface area is 206 Å². The van der Waals surface area contributed by atoms with Gasteiger partial charge < -0.3 is 32.3 Å². The Hall–Kier alpha value is -4.53. The van der Waals surface area contributed by atoms with Crippen LogP contribution in [0.4, 0.5) is 11.4 Å². The standard InChI is InChI=1S/C22H23N7O2.C4H10/c1-2-14(11-23)21(30)28-19-5-3-4-16(10-19)20(26)31-22(27)29-18-8-6-15(7-9-18)17(12-24)13-25;1-3-4-2/h2-13,23-24,26H,25H2,1H3,(H2,27,29)(H,28,30);3-4H2,1-2H3/b14-2+,17-13+,23-11?,24-12?,26-20?;. The van der Waals surface area contributed by atoms with Crippen LogP contribution in [0.5, 0.6) is 0 Å². The van der Waals surface area contributed by atoms with Crippen molar-refractivity contribution in [3.8, 4) is 0 Å². The van der Waals surface area contributed by atoms with Crippen LogP contribution in [0.1, 0.15) is 44.7 Å². The number of aliphatic imine (C=N–C) groups is 1. The minimum absolute atomic E-state index is 0.216. The van der Waals surface area contributed by atoms with Gasteiger partial charge in [0.1, 0.15) is 0 Å². The second kappa shape index (κ2) is 15.3. The lowest BCUT2D eigenvalue weighted by Crippen LogP contribution is -2.21. The molecule has 0 fully saturated rings. The molecule has 35 heavy (non-hydrogen) atoms. The molecule has 0 spiro atoms. The van der Waals surface area contributed by atoms with Crippen molar-refractivity contribution in [2.45, 2.75) is 33.6 Å². The van der Waals surface area contributed by atoms with Crippen molar-refractivity contribution in [1.82, 2.24) is 0 Å². The minimum Gasteiger partial charge on any atom is -0.407 e. The summed E-state index contributed by atoms with van der Waals surface area (Å²) in [6.07, 6.45) is 7.62. The summed E-state index contributed by atoms with van der Waals surface area (Å²) in [6.45, 7) is 6.03. The molecule has 0 heterocycles. The molecule has 0 aliphatic heterocycles. The first-order valence-electron chi connectivity index (χ1n) is 11.0. The number of anilines is 1. The summed E-state index contributed by atoms with van der Waals surface area (Å²) in [4.78, 5) is 16.2. The molecular weight excluding hydrogens is 442 g/mol. The number of unbranched alkanes of at least 4 members (excludes halogenated alkanes) is 1. The normalized spacial score (nSPS) is 11.6. The number of nitrogens with one attached hydrogen (secondary N) is 4. The van der Waals surface area contributed by atoms with Crippen LogP contribution in [0.25, 0.3) is 5.57 Å². The molecule has 2 rings (SSSR count). The molecule has 0 bridgehead atoms. The Morgan fingerprint density at radius 2 is 1.71 bits per heavy atom. The Morgan fingerprint density at radius 3 is 2.23 bits per heavy atom. The third-order valence-electron chi connectivity index (χ3n) is 4.59. The molecular formula is C26H33N7O2. The molecule has 0 aromatic heterocycles. The zero-order valence-corrected chi connectivity index (χ0v) is 20.3. The summed E-state index contributed by atoms with van der Waals surface area (Å²) >= 11 is 0. The summed E-state index contributed by atoms with van der Waals surface area (Å²) in [5.74, 6) is -0.674. The first kappa shape index (κ1) is 28.5. The predicted molar refractivity (Wildman–Crippen MR) is 145 cm³/mol. The fraction of sp³-hybridized carbons (Fsp3) is 0.192. The average molecular weight is 476 g/mol. The molecule has 1 amide bonds. The van der Waals surface area contributed by atoms with Crippen LogP contribution in [-0.4, -0.2) is 30.3 Å². The zero-order valence-electron chi connectivity index (χ0n) is 20.3. The molecule has 0 radical (unpaired) electrons. The maximum Gasteiger partial charge on any atom is 0.294 e. The van der Waals surface area contributed by atoms with Crippen LogP contribution in [-0.2, 0) is 9.53 Å². The quantitative estimate of drug-likeness (QED) is 0.180. The van der Waals surface area contributed by atoms with Crippen LogP contribution < -0.4 is 16.8 Å². The zero-order chi connectivity index (χ0) is 26.2. The molecule has 184 valence electrons. The van der Waals surface area contributed by atoms with E-state index in [1.165, 1.54) is 25.1 Å². The second-order valence-corrected chi connectivity index (χ2v) is 7.12. The van der Waals surface area contributed by atoms with Crippen LogP contribution in [0.3, 0.4) is 0 Å². The van der Waals surface area contributed by atoms with E-state index < -0.39 is 5.91 Å². The number of amides is 1. The number of nitrogens with two attached hydrogens (primary N) is 2. The van der Waals surface area contributed by atoms with E-state index in [4.69, 9.17) is 32.4 Å². The van der Waals surface area contributed by atoms with Gasteiger partial charge in [0.2, 0.25) is 5.90 Å². The monoisotopic (exact) mass is 475 g/mol. The third kappa shape index (κ3) is 9.47. The number of amidine groups is 1. The van der Waals surface area contributed by atoms with Gasteiger partial charge in [-0.25, -0.2) is 0 Å². The van der Waals surface area contributed by atoms with Crippen molar-refractivity contribution >= 4 is 47.2 Å². The summed E-state index contributed by atoms with van der Waals surface area (Å²) in [6, 6.07) is 13.1. The molecule has 0 saturated carbocycles. The highest BCUT2D eigenvalue weighted by molar-refractivity contribution is 6.17. The number of rotatable bonds is 8. The number of hydrogen-bond donors (Lipinski definition) is 6. The molecule has 2 aromatic rings. The lowest BCUT2D eigenvalue weighted by atomic mass is 10.1. The number of carbonyl (C=O) groups excluding carboxylic acids is 1. The van der Waals surface area contributed by atoms with Crippen molar-refractivity contribution in [1.29, 1.82) is 16.2 Å². The number of nitrogens with zero attached hydrogens (tertiary/aromatic N) is 1. The molecule has 0 aliphatic rings. The van der Waals surface area contributed by atoms with Crippen molar-refractivity contribution in [3.63, 3.8) is 0 Å². The highest BCUT2D eigenvalue weighted by Gasteiger charge is 2.10. The molecule has 9 heteroatoms. The Bertz CT molecular complexity index is 1110. The van der Waals surface area contributed by atoms with Gasteiger partial charge in [0.25, 0.3) is 11.9 Å². The van der Waals surface area contributed by atoms with E-state index in [1.807, 2.05) is 0 Å².